The number of halogens is 1. The predicted octanol–water partition coefficient (Wildman–Crippen LogP) is 2.53. The Morgan fingerprint density at radius 3 is 2.45 bits per heavy atom. The average molecular weight is 268 g/mol. The van der Waals surface area contributed by atoms with Gasteiger partial charge in [-0.05, 0) is 18.2 Å². The van der Waals surface area contributed by atoms with E-state index in [9.17, 15) is 9.50 Å². The van der Waals surface area contributed by atoms with Crippen molar-refractivity contribution in [1.29, 1.82) is 0 Å². The second-order valence-corrected chi connectivity index (χ2v) is 4.67. The molecule has 0 spiro atoms. The van der Waals surface area contributed by atoms with E-state index in [-0.39, 0.29) is 11.5 Å². The maximum absolute atomic E-state index is 13.3. The van der Waals surface area contributed by atoms with E-state index < -0.39 is 5.72 Å². The number of nitrogens with two attached hydrogens (primary N) is 1. The van der Waals surface area contributed by atoms with Crippen molar-refractivity contribution in [3.8, 4) is 0 Å². The quantitative estimate of drug-likeness (QED) is 0.702. The second kappa shape index (κ2) is 4.67. The highest BCUT2D eigenvalue weighted by atomic mass is 19.1. The lowest BCUT2D eigenvalue weighted by molar-refractivity contribution is 0.0840. The fourth-order valence-electron chi connectivity index (χ4n) is 2.14. The van der Waals surface area contributed by atoms with Gasteiger partial charge in [0.15, 0.2) is 5.72 Å². The number of aliphatic hydroxyl groups is 1. The van der Waals surface area contributed by atoms with Crippen LogP contribution in [0.15, 0.2) is 60.7 Å². The first kappa shape index (κ1) is 12.7. The molecule has 0 fully saturated rings. The maximum atomic E-state index is 13.3. The van der Waals surface area contributed by atoms with Crippen molar-refractivity contribution in [3.05, 3.63) is 77.7 Å². The highest BCUT2D eigenvalue weighted by molar-refractivity contribution is 5.78. The standard InChI is InChI=1S/C16H13FN2O/c17-13-8-6-11-7-9-15(19-14(11)10-13)16(18,20)12-4-2-1-3-5-12/h1-10,20H,18H2. The Hall–Kier alpha value is -2.30. The molecule has 100 valence electrons. The van der Waals surface area contributed by atoms with Crippen LogP contribution in [0.5, 0.6) is 0 Å². The molecule has 3 nitrogen and oxygen atoms in total. The summed E-state index contributed by atoms with van der Waals surface area (Å²) in [5, 5.41) is 11.3. The molecule has 20 heavy (non-hydrogen) atoms. The third-order valence-corrected chi connectivity index (χ3v) is 3.26. The van der Waals surface area contributed by atoms with Crippen molar-refractivity contribution in [2.24, 2.45) is 5.73 Å². The molecule has 3 aromatic rings. The fourth-order valence-corrected chi connectivity index (χ4v) is 2.14. The number of benzene rings is 2. The molecule has 0 aliphatic heterocycles. The molecule has 0 radical (unpaired) electrons. The summed E-state index contributed by atoms with van der Waals surface area (Å²) in [5.41, 5.74) is 5.55. The minimum Gasteiger partial charge on any atom is -0.366 e. The van der Waals surface area contributed by atoms with Crippen molar-refractivity contribution in [2.45, 2.75) is 5.72 Å². The molecule has 2 aromatic carbocycles. The van der Waals surface area contributed by atoms with Gasteiger partial charge in [0, 0.05) is 17.0 Å². The first-order chi connectivity index (χ1) is 9.57. The molecular weight excluding hydrogens is 255 g/mol. The highest BCUT2D eigenvalue weighted by Crippen LogP contribution is 2.24. The number of pyridine rings is 1. The zero-order chi connectivity index (χ0) is 14.2. The number of hydrogen-bond acceptors (Lipinski definition) is 3. The molecule has 1 unspecified atom stereocenters. The Morgan fingerprint density at radius 1 is 1.00 bits per heavy atom. The molecule has 0 amide bonds. The number of rotatable bonds is 2. The first-order valence-electron chi connectivity index (χ1n) is 6.21. The molecule has 0 aliphatic carbocycles. The molecule has 0 saturated heterocycles. The lowest BCUT2D eigenvalue weighted by atomic mass is 9.99. The third-order valence-electron chi connectivity index (χ3n) is 3.26. The fraction of sp³-hybridized carbons (Fsp3) is 0.0625. The molecule has 1 aromatic heterocycles. The Balaban J connectivity index is 2.14. The van der Waals surface area contributed by atoms with E-state index in [0.29, 0.717) is 11.1 Å². The SMILES string of the molecule is NC(O)(c1ccccc1)c1ccc2ccc(F)cc2n1. The summed E-state index contributed by atoms with van der Waals surface area (Å²) in [6.07, 6.45) is 0. The van der Waals surface area contributed by atoms with Crippen LogP contribution in [-0.4, -0.2) is 10.1 Å². The Morgan fingerprint density at radius 2 is 1.70 bits per heavy atom. The van der Waals surface area contributed by atoms with Gasteiger partial charge in [0.1, 0.15) is 5.82 Å². The first-order valence-corrected chi connectivity index (χ1v) is 6.21. The van der Waals surface area contributed by atoms with Crippen LogP contribution in [0, 0.1) is 5.82 Å². The lowest BCUT2D eigenvalue weighted by Gasteiger charge is -2.23. The minimum atomic E-state index is -1.71. The van der Waals surface area contributed by atoms with E-state index in [0.717, 1.165) is 5.39 Å². The summed E-state index contributed by atoms with van der Waals surface area (Å²) in [5.74, 6) is -0.373. The van der Waals surface area contributed by atoms with Crippen LogP contribution >= 0.6 is 0 Å². The number of hydrogen-bond donors (Lipinski definition) is 2. The topological polar surface area (TPSA) is 59.1 Å². The summed E-state index contributed by atoms with van der Waals surface area (Å²) in [6, 6.07) is 16.6. The largest absolute Gasteiger partial charge is 0.366 e. The van der Waals surface area contributed by atoms with Gasteiger partial charge in [-0.3, -0.25) is 5.73 Å². The zero-order valence-corrected chi connectivity index (χ0v) is 10.6. The zero-order valence-electron chi connectivity index (χ0n) is 10.6. The predicted molar refractivity (Wildman–Crippen MR) is 75.3 cm³/mol. The van der Waals surface area contributed by atoms with Gasteiger partial charge in [-0.25, -0.2) is 9.37 Å². The van der Waals surface area contributed by atoms with Crippen molar-refractivity contribution >= 4 is 10.9 Å². The Bertz CT molecular complexity index is 757. The van der Waals surface area contributed by atoms with Crippen molar-refractivity contribution < 1.29 is 9.50 Å². The molecular formula is C16H13FN2O. The molecule has 0 saturated carbocycles. The van der Waals surface area contributed by atoms with Crippen molar-refractivity contribution in [3.63, 3.8) is 0 Å². The number of aromatic nitrogens is 1. The summed E-state index contributed by atoms with van der Waals surface area (Å²) < 4.78 is 13.3. The smallest absolute Gasteiger partial charge is 0.183 e. The summed E-state index contributed by atoms with van der Waals surface area (Å²) in [4.78, 5) is 4.27. The minimum absolute atomic E-state index is 0.279. The normalized spacial score (nSPS) is 14.2. The van der Waals surface area contributed by atoms with Gasteiger partial charge in [0.2, 0.25) is 0 Å². The molecule has 3 rings (SSSR count). The van der Waals surface area contributed by atoms with Crippen LogP contribution < -0.4 is 5.73 Å². The van der Waals surface area contributed by atoms with E-state index in [1.807, 2.05) is 6.07 Å². The van der Waals surface area contributed by atoms with Crippen molar-refractivity contribution in [1.82, 2.24) is 4.98 Å². The van der Waals surface area contributed by atoms with Gasteiger partial charge in [-0.15, -0.1) is 0 Å². The lowest BCUT2D eigenvalue weighted by Crippen LogP contribution is -2.38. The Kier molecular flexibility index (Phi) is 2.97. The van der Waals surface area contributed by atoms with E-state index >= 15 is 0 Å². The summed E-state index contributed by atoms with van der Waals surface area (Å²) >= 11 is 0. The van der Waals surface area contributed by atoms with E-state index in [4.69, 9.17) is 5.73 Å². The van der Waals surface area contributed by atoms with Gasteiger partial charge in [0.05, 0.1) is 11.2 Å². The van der Waals surface area contributed by atoms with Gasteiger partial charge in [-0.2, -0.15) is 0 Å². The summed E-state index contributed by atoms with van der Waals surface area (Å²) in [7, 11) is 0. The summed E-state index contributed by atoms with van der Waals surface area (Å²) in [6.45, 7) is 0. The molecule has 4 heteroatoms. The van der Waals surface area contributed by atoms with Crippen LogP contribution in [-0.2, 0) is 5.72 Å². The van der Waals surface area contributed by atoms with Crippen LogP contribution in [0.25, 0.3) is 10.9 Å². The van der Waals surface area contributed by atoms with E-state index in [1.54, 1.807) is 42.5 Å². The average Bonchev–Trinajstić information content (AvgIpc) is 2.47. The van der Waals surface area contributed by atoms with E-state index in [2.05, 4.69) is 4.98 Å². The molecule has 0 aliphatic rings. The molecule has 0 bridgehead atoms. The van der Waals surface area contributed by atoms with Gasteiger partial charge < -0.3 is 5.11 Å². The van der Waals surface area contributed by atoms with Crippen LogP contribution in [0.4, 0.5) is 4.39 Å². The third kappa shape index (κ3) is 2.15. The monoisotopic (exact) mass is 268 g/mol. The van der Waals surface area contributed by atoms with E-state index in [1.165, 1.54) is 12.1 Å². The molecule has 3 N–H and O–H groups in total. The molecule has 1 heterocycles. The second-order valence-electron chi connectivity index (χ2n) is 4.67. The highest BCUT2D eigenvalue weighted by Gasteiger charge is 2.27. The van der Waals surface area contributed by atoms with Crippen LogP contribution in [0.3, 0.4) is 0 Å². The van der Waals surface area contributed by atoms with Crippen LogP contribution in [0.1, 0.15) is 11.3 Å². The Labute approximate surface area is 115 Å². The van der Waals surface area contributed by atoms with Crippen LogP contribution in [0.2, 0.25) is 0 Å². The van der Waals surface area contributed by atoms with Gasteiger partial charge >= 0.3 is 0 Å². The van der Waals surface area contributed by atoms with Crippen molar-refractivity contribution in [2.75, 3.05) is 0 Å². The number of nitrogens with zero attached hydrogens (tertiary/aromatic N) is 1. The number of fused-ring (bicyclic) bond motifs is 1. The molecule has 1 atom stereocenters. The maximum Gasteiger partial charge on any atom is 0.183 e. The van der Waals surface area contributed by atoms with Gasteiger partial charge in [0.25, 0.3) is 0 Å². The van der Waals surface area contributed by atoms with Gasteiger partial charge in [-0.1, -0.05) is 36.4 Å².